The molecule has 0 unspecified atom stereocenters. The second-order valence-corrected chi connectivity index (χ2v) is 7.07. The van der Waals surface area contributed by atoms with E-state index in [-0.39, 0.29) is 24.3 Å². The summed E-state index contributed by atoms with van der Waals surface area (Å²) < 4.78 is 0. The van der Waals surface area contributed by atoms with E-state index < -0.39 is 5.97 Å². The van der Waals surface area contributed by atoms with E-state index in [1.165, 1.54) is 0 Å². The van der Waals surface area contributed by atoms with Crippen molar-refractivity contribution in [3.05, 3.63) is 0 Å². The van der Waals surface area contributed by atoms with Gasteiger partial charge in [-0.1, -0.05) is 19.3 Å². The van der Waals surface area contributed by atoms with Gasteiger partial charge in [-0.3, -0.25) is 9.59 Å². The minimum Gasteiger partial charge on any atom is -0.481 e. The van der Waals surface area contributed by atoms with Crippen LogP contribution < -0.4 is 5.32 Å². The van der Waals surface area contributed by atoms with Gasteiger partial charge in [0, 0.05) is 25.3 Å². The van der Waals surface area contributed by atoms with Crippen molar-refractivity contribution in [3.8, 4) is 0 Å². The SMILES string of the molecule is O=C(O)CC1(CC(=O)NCCSCCCO)CCCCC1. The number of rotatable bonds is 10. The fraction of sp³-hybridized carbons (Fsp3) is 0.867. The molecule has 0 saturated heterocycles. The third kappa shape index (κ3) is 7.71. The molecule has 0 aromatic carbocycles. The maximum Gasteiger partial charge on any atom is 0.303 e. The molecule has 5 nitrogen and oxygen atoms in total. The van der Waals surface area contributed by atoms with E-state index in [9.17, 15) is 9.59 Å². The highest BCUT2D eigenvalue weighted by Gasteiger charge is 2.36. The number of aliphatic hydroxyl groups excluding tert-OH is 1. The topological polar surface area (TPSA) is 86.6 Å². The molecule has 1 fully saturated rings. The number of aliphatic hydroxyl groups is 1. The van der Waals surface area contributed by atoms with Gasteiger partial charge in [0.05, 0.1) is 6.42 Å². The van der Waals surface area contributed by atoms with Crippen LogP contribution in [0.15, 0.2) is 0 Å². The Morgan fingerprint density at radius 2 is 1.81 bits per heavy atom. The molecule has 1 aliphatic rings. The Bertz CT molecular complexity index is 330. The van der Waals surface area contributed by atoms with Crippen molar-refractivity contribution in [1.29, 1.82) is 0 Å². The lowest BCUT2D eigenvalue weighted by Crippen LogP contribution is -2.35. The van der Waals surface area contributed by atoms with Crippen LogP contribution >= 0.6 is 11.8 Å². The lowest BCUT2D eigenvalue weighted by molar-refractivity contribution is -0.141. The number of carbonyl (C=O) groups is 2. The summed E-state index contributed by atoms with van der Waals surface area (Å²) in [6.45, 7) is 0.815. The van der Waals surface area contributed by atoms with E-state index >= 15 is 0 Å². The first-order valence-corrected chi connectivity index (χ1v) is 8.91. The molecule has 21 heavy (non-hydrogen) atoms. The third-order valence-electron chi connectivity index (χ3n) is 3.99. The Morgan fingerprint density at radius 1 is 1.10 bits per heavy atom. The summed E-state index contributed by atoms with van der Waals surface area (Å²) in [5.41, 5.74) is -0.335. The highest BCUT2D eigenvalue weighted by Crippen LogP contribution is 2.42. The van der Waals surface area contributed by atoms with E-state index in [2.05, 4.69) is 5.32 Å². The summed E-state index contributed by atoms with van der Waals surface area (Å²) in [6.07, 6.45) is 6.10. The van der Waals surface area contributed by atoms with Crippen LogP contribution in [0.2, 0.25) is 0 Å². The van der Waals surface area contributed by atoms with Crippen LogP contribution in [0.4, 0.5) is 0 Å². The van der Waals surface area contributed by atoms with Crippen LogP contribution in [-0.4, -0.2) is 46.7 Å². The molecule has 0 atom stereocenters. The molecule has 1 saturated carbocycles. The van der Waals surface area contributed by atoms with Gasteiger partial charge in [-0.2, -0.15) is 11.8 Å². The van der Waals surface area contributed by atoms with Gasteiger partial charge in [-0.05, 0) is 30.4 Å². The van der Waals surface area contributed by atoms with Gasteiger partial charge < -0.3 is 15.5 Å². The molecule has 0 aromatic rings. The molecule has 1 rings (SSSR count). The zero-order valence-electron chi connectivity index (χ0n) is 12.6. The van der Waals surface area contributed by atoms with Gasteiger partial charge >= 0.3 is 5.97 Å². The highest BCUT2D eigenvalue weighted by atomic mass is 32.2. The third-order valence-corrected chi connectivity index (χ3v) is 5.06. The molecule has 1 amide bonds. The Hall–Kier alpha value is -0.750. The molecule has 3 N–H and O–H groups in total. The fourth-order valence-electron chi connectivity index (χ4n) is 2.97. The Kier molecular flexibility index (Phi) is 8.76. The number of hydrogen-bond donors (Lipinski definition) is 3. The second kappa shape index (κ2) is 10.1. The van der Waals surface area contributed by atoms with E-state index in [1.807, 2.05) is 0 Å². The number of amides is 1. The minimum atomic E-state index is -0.802. The molecule has 6 heteroatoms. The van der Waals surface area contributed by atoms with Crippen LogP contribution in [0.3, 0.4) is 0 Å². The molecule has 0 bridgehead atoms. The van der Waals surface area contributed by atoms with Gasteiger partial charge in [0.25, 0.3) is 0 Å². The summed E-state index contributed by atoms with van der Waals surface area (Å²) >= 11 is 1.71. The molecule has 0 aliphatic heterocycles. The van der Waals surface area contributed by atoms with E-state index in [0.717, 1.165) is 50.0 Å². The molecule has 0 radical (unpaired) electrons. The summed E-state index contributed by atoms with van der Waals surface area (Å²) in [5, 5.41) is 20.6. The summed E-state index contributed by atoms with van der Waals surface area (Å²) in [4.78, 5) is 23.1. The Morgan fingerprint density at radius 3 is 2.43 bits per heavy atom. The first kappa shape index (κ1) is 18.3. The number of nitrogens with one attached hydrogen (secondary N) is 1. The summed E-state index contributed by atoms with van der Waals surface area (Å²) in [6, 6.07) is 0. The maximum absolute atomic E-state index is 12.0. The molecule has 1 aliphatic carbocycles. The van der Waals surface area contributed by atoms with Crippen LogP contribution in [0, 0.1) is 5.41 Å². The van der Waals surface area contributed by atoms with Crippen molar-refractivity contribution in [2.24, 2.45) is 5.41 Å². The van der Waals surface area contributed by atoms with E-state index in [1.54, 1.807) is 11.8 Å². The predicted molar refractivity (Wildman–Crippen MR) is 84.4 cm³/mol. The zero-order valence-corrected chi connectivity index (χ0v) is 13.4. The molecule has 0 spiro atoms. The number of hydrogen-bond acceptors (Lipinski definition) is 4. The van der Waals surface area contributed by atoms with Crippen molar-refractivity contribution in [1.82, 2.24) is 5.32 Å². The molecular weight excluding hydrogens is 290 g/mol. The van der Waals surface area contributed by atoms with Crippen molar-refractivity contribution < 1.29 is 19.8 Å². The van der Waals surface area contributed by atoms with Crippen LogP contribution in [-0.2, 0) is 9.59 Å². The first-order chi connectivity index (χ1) is 10.1. The zero-order chi connectivity index (χ0) is 15.6. The van der Waals surface area contributed by atoms with E-state index in [0.29, 0.717) is 13.0 Å². The van der Waals surface area contributed by atoms with Gasteiger partial charge in [0.2, 0.25) is 5.91 Å². The Labute approximate surface area is 130 Å². The number of carboxylic acids is 1. The second-order valence-electron chi connectivity index (χ2n) is 5.85. The number of carbonyl (C=O) groups excluding carboxylic acids is 1. The molecule has 0 aromatic heterocycles. The highest BCUT2D eigenvalue weighted by molar-refractivity contribution is 7.99. The number of aliphatic carboxylic acids is 1. The van der Waals surface area contributed by atoms with Gasteiger partial charge in [0.15, 0.2) is 0 Å². The van der Waals surface area contributed by atoms with Crippen LogP contribution in [0.5, 0.6) is 0 Å². The normalized spacial score (nSPS) is 17.4. The average Bonchev–Trinajstić information content (AvgIpc) is 2.42. The summed E-state index contributed by atoms with van der Waals surface area (Å²) in [7, 11) is 0. The van der Waals surface area contributed by atoms with Crippen LogP contribution in [0.1, 0.15) is 51.4 Å². The lowest BCUT2D eigenvalue weighted by atomic mass is 9.69. The minimum absolute atomic E-state index is 0.0269. The average molecular weight is 317 g/mol. The van der Waals surface area contributed by atoms with Crippen molar-refractivity contribution >= 4 is 23.6 Å². The number of thioether (sulfide) groups is 1. The molecule has 122 valence electrons. The fourth-order valence-corrected chi connectivity index (χ4v) is 3.76. The largest absolute Gasteiger partial charge is 0.481 e. The molecule has 0 heterocycles. The smallest absolute Gasteiger partial charge is 0.303 e. The van der Waals surface area contributed by atoms with Gasteiger partial charge in [-0.15, -0.1) is 0 Å². The van der Waals surface area contributed by atoms with E-state index in [4.69, 9.17) is 10.2 Å². The Balaban J connectivity index is 2.30. The first-order valence-electron chi connectivity index (χ1n) is 7.75. The quantitative estimate of drug-likeness (QED) is 0.537. The predicted octanol–water partition coefficient (Wildman–Crippen LogP) is 2.03. The van der Waals surface area contributed by atoms with Gasteiger partial charge in [-0.25, -0.2) is 0 Å². The van der Waals surface area contributed by atoms with Crippen molar-refractivity contribution in [3.63, 3.8) is 0 Å². The van der Waals surface area contributed by atoms with Gasteiger partial charge in [0.1, 0.15) is 0 Å². The molecular formula is C15H27NO4S. The lowest BCUT2D eigenvalue weighted by Gasteiger charge is -2.35. The standard InChI is InChI=1S/C15H27NO4S/c17-8-4-9-21-10-7-16-13(18)11-15(12-14(19)20)5-2-1-3-6-15/h17H,1-12H2,(H,16,18)(H,19,20). The van der Waals surface area contributed by atoms with Crippen LogP contribution in [0.25, 0.3) is 0 Å². The number of carboxylic acid groups (broad SMARTS) is 1. The van der Waals surface area contributed by atoms with Crippen molar-refractivity contribution in [2.75, 3.05) is 24.7 Å². The maximum atomic E-state index is 12.0. The monoisotopic (exact) mass is 317 g/mol. The van der Waals surface area contributed by atoms with Crippen molar-refractivity contribution in [2.45, 2.75) is 51.4 Å². The summed E-state index contributed by atoms with van der Waals surface area (Å²) in [5.74, 6) is 0.901.